The van der Waals surface area contributed by atoms with Crippen molar-refractivity contribution in [1.29, 1.82) is 0 Å². The van der Waals surface area contributed by atoms with E-state index in [0.717, 1.165) is 34.0 Å². The van der Waals surface area contributed by atoms with Crippen LogP contribution in [0.2, 0.25) is 0 Å². The molecule has 0 saturated carbocycles. The lowest BCUT2D eigenvalue weighted by atomic mass is 9.91. The Bertz CT molecular complexity index is 1090. The van der Waals surface area contributed by atoms with Crippen molar-refractivity contribution in [2.45, 2.75) is 53.3 Å². The molecule has 1 aromatic heterocycles. The van der Waals surface area contributed by atoms with Crippen molar-refractivity contribution >= 4 is 10.8 Å². The lowest BCUT2D eigenvalue weighted by Crippen LogP contribution is -2.31. The summed E-state index contributed by atoms with van der Waals surface area (Å²) >= 11 is 0. The first-order chi connectivity index (χ1) is 13.8. The van der Waals surface area contributed by atoms with Gasteiger partial charge in [-0.05, 0) is 72.3 Å². The molecule has 2 aromatic carbocycles. The fourth-order valence-electron chi connectivity index (χ4n) is 3.49. The molecular formula is C24H30N+. The maximum Gasteiger partial charge on any atom is 0.220 e. The molecule has 1 atom stereocenters. The number of hydrogen-bond donors (Lipinski definition) is 0. The van der Waals surface area contributed by atoms with Gasteiger partial charge in [0.15, 0.2) is 6.20 Å². The van der Waals surface area contributed by atoms with E-state index in [-0.39, 0.29) is 5.56 Å². The van der Waals surface area contributed by atoms with E-state index in [4.69, 9.17) is 6.85 Å². The number of rotatable bonds is 4. The van der Waals surface area contributed by atoms with E-state index in [9.17, 15) is 0 Å². The third-order valence-corrected chi connectivity index (χ3v) is 5.27. The van der Waals surface area contributed by atoms with Crippen molar-refractivity contribution in [2.24, 2.45) is 7.05 Å². The van der Waals surface area contributed by atoms with Gasteiger partial charge in [-0.2, -0.15) is 0 Å². The molecule has 1 unspecified atom stereocenters. The van der Waals surface area contributed by atoms with Crippen molar-refractivity contribution in [3.8, 4) is 11.3 Å². The van der Waals surface area contributed by atoms with E-state index in [1.54, 1.807) is 6.07 Å². The Morgan fingerprint density at radius 1 is 1.16 bits per heavy atom. The molecule has 25 heavy (non-hydrogen) atoms. The molecule has 0 aliphatic rings. The Labute approximate surface area is 159 Å². The van der Waals surface area contributed by atoms with E-state index in [0.29, 0.717) is 11.5 Å². The second-order valence-corrected chi connectivity index (χ2v) is 6.88. The van der Waals surface area contributed by atoms with Gasteiger partial charge in [-0.1, -0.05) is 39.0 Å². The van der Waals surface area contributed by atoms with Crippen LogP contribution in [0.5, 0.6) is 0 Å². The third-order valence-electron chi connectivity index (χ3n) is 5.27. The van der Waals surface area contributed by atoms with Crippen LogP contribution in [0.4, 0.5) is 0 Å². The van der Waals surface area contributed by atoms with Gasteiger partial charge in [0.05, 0.1) is 10.9 Å². The molecule has 1 heterocycles. The topological polar surface area (TPSA) is 3.88 Å². The number of benzene rings is 2. The highest BCUT2D eigenvalue weighted by Crippen LogP contribution is 2.32. The van der Waals surface area contributed by atoms with Gasteiger partial charge in [-0.15, -0.1) is 0 Å². The van der Waals surface area contributed by atoms with E-state index in [1.165, 1.54) is 18.6 Å². The van der Waals surface area contributed by atoms with Crippen molar-refractivity contribution in [3.63, 3.8) is 0 Å². The Kier molecular flexibility index (Phi) is 3.43. The van der Waals surface area contributed by atoms with E-state index < -0.39 is 13.2 Å². The SMILES string of the molecule is [2H]C([2H])([2H])c1cc(-c2c3ccc(C(C)CC)cc3cc[n+]2C)c(C)c(C([2H])([2H])C)c1. The predicted molar refractivity (Wildman–Crippen MR) is 108 cm³/mol. The van der Waals surface area contributed by atoms with Crippen LogP contribution in [-0.4, -0.2) is 0 Å². The molecule has 0 saturated heterocycles. The first-order valence-corrected chi connectivity index (χ1v) is 8.93. The van der Waals surface area contributed by atoms with E-state index in [1.807, 2.05) is 24.7 Å². The summed E-state index contributed by atoms with van der Waals surface area (Å²) in [5, 5.41) is 2.13. The maximum absolute atomic E-state index is 8.26. The van der Waals surface area contributed by atoms with Gasteiger partial charge in [-0.3, -0.25) is 0 Å². The molecule has 0 spiro atoms. The summed E-state index contributed by atoms with van der Waals surface area (Å²) in [7, 11) is 1.94. The minimum Gasteiger partial charge on any atom is -0.200 e. The molecule has 0 fully saturated rings. The van der Waals surface area contributed by atoms with Crippen molar-refractivity contribution < 1.29 is 11.4 Å². The Hall–Kier alpha value is -2.15. The maximum atomic E-state index is 8.26. The largest absolute Gasteiger partial charge is 0.220 e. The summed E-state index contributed by atoms with van der Waals surface area (Å²) in [4.78, 5) is 0. The minimum absolute atomic E-state index is 0.164. The highest BCUT2D eigenvalue weighted by Gasteiger charge is 2.19. The molecule has 1 heteroatoms. The molecular weight excluding hydrogens is 302 g/mol. The smallest absolute Gasteiger partial charge is 0.200 e. The van der Waals surface area contributed by atoms with Gasteiger partial charge in [-0.25, -0.2) is 4.57 Å². The molecule has 0 aliphatic carbocycles. The van der Waals surface area contributed by atoms with Gasteiger partial charge in [0.1, 0.15) is 7.05 Å². The van der Waals surface area contributed by atoms with Gasteiger partial charge >= 0.3 is 0 Å². The van der Waals surface area contributed by atoms with Crippen LogP contribution in [0.15, 0.2) is 42.6 Å². The van der Waals surface area contributed by atoms with Crippen LogP contribution < -0.4 is 4.57 Å². The second kappa shape index (κ2) is 7.00. The summed E-state index contributed by atoms with van der Waals surface area (Å²) < 4.78 is 42.3. The average Bonchev–Trinajstić information content (AvgIpc) is 2.65. The summed E-state index contributed by atoms with van der Waals surface area (Å²) in [5.41, 5.74) is 4.29. The monoisotopic (exact) mass is 337 g/mol. The average molecular weight is 338 g/mol. The second-order valence-electron chi connectivity index (χ2n) is 6.88. The summed E-state index contributed by atoms with van der Waals surface area (Å²) in [6, 6.07) is 11.7. The molecule has 0 radical (unpaired) electrons. The highest BCUT2D eigenvalue weighted by atomic mass is 14.9. The number of nitrogens with zero attached hydrogens (tertiary/aromatic N) is 1. The number of hydrogen-bond acceptors (Lipinski definition) is 0. The van der Waals surface area contributed by atoms with Crippen LogP contribution in [0, 0.1) is 13.8 Å². The van der Waals surface area contributed by atoms with E-state index in [2.05, 4.69) is 38.1 Å². The zero-order chi connectivity index (χ0) is 22.4. The normalized spacial score (nSPS) is 16.6. The van der Waals surface area contributed by atoms with Crippen LogP contribution in [-0.2, 0) is 13.4 Å². The van der Waals surface area contributed by atoms with Gasteiger partial charge in [0.2, 0.25) is 5.69 Å². The van der Waals surface area contributed by atoms with Gasteiger partial charge in [0.25, 0.3) is 0 Å². The fourth-order valence-corrected chi connectivity index (χ4v) is 3.49. The first-order valence-electron chi connectivity index (χ1n) is 11.4. The summed E-state index contributed by atoms with van der Waals surface area (Å²) in [5.74, 6) is 0.464. The lowest BCUT2D eigenvalue weighted by molar-refractivity contribution is -0.659. The minimum atomic E-state index is -2.31. The van der Waals surface area contributed by atoms with Crippen LogP contribution in [0.1, 0.15) is 62.2 Å². The molecule has 0 N–H and O–H groups in total. The fraction of sp³-hybridized carbons (Fsp3) is 0.375. The zero-order valence-corrected chi connectivity index (χ0v) is 15.8. The zero-order valence-electron chi connectivity index (χ0n) is 20.8. The molecule has 1 nitrogen and oxygen atoms in total. The molecule has 0 amide bonds. The number of aromatic nitrogens is 1. The predicted octanol–water partition coefficient (Wildman–Crippen LogP) is 6.02. The number of fused-ring (bicyclic) bond motifs is 1. The Balaban J connectivity index is 2.38. The highest BCUT2D eigenvalue weighted by molar-refractivity contribution is 5.94. The number of pyridine rings is 1. The van der Waals surface area contributed by atoms with Crippen molar-refractivity contribution in [2.75, 3.05) is 0 Å². The van der Waals surface area contributed by atoms with Crippen LogP contribution in [0.3, 0.4) is 0 Å². The molecule has 3 rings (SSSR count). The molecule has 3 aromatic rings. The van der Waals surface area contributed by atoms with Gasteiger partial charge in [0, 0.05) is 12.9 Å². The Morgan fingerprint density at radius 3 is 2.64 bits per heavy atom. The molecule has 0 bridgehead atoms. The third kappa shape index (κ3) is 3.20. The Morgan fingerprint density at radius 2 is 1.96 bits per heavy atom. The quantitative estimate of drug-likeness (QED) is 0.512. The van der Waals surface area contributed by atoms with Crippen LogP contribution >= 0.6 is 0 Å². The van der Waals surface area contributed by atoms with Crippen LogP contribution in [0.25, 0.3) is 22.0 Å². The van der Waals surface area contributed by atoms with E-state index >= 15 is 0 Å². The lowest BCUT2D eigenvalue weighted by Gasteiger charge is -2.14. The molecule has 130 valence electrons. The number of aryl methyl sites for hydroxylation is 3. The van der Waals surface area contributed by atoms with Gasteiger partial charge < -0.3 is 0 Å². The van der Waals surface area contributed by atoms with Crippen molar-refractivity contribution in [3.05, 3.63) is 64.8 Å². The summed E-state index contributed by atoms with van der Waals surface area (Å²) in [6.45, 7) is 5.43. The van der Waals surface area contributed by atoms with Crippen molar-refractivity contribution in [1.82, 2.24) is 0 Å². The molecule has 0 aliphatic heterocycles. The standard InChI is InChI=1S/C24H30N/c1-7-17(4)20-9-10-22-21(15-20)11-12-25(6)24(22)23-14-16(3)13-19(8-2)18(23)5/h9-15,17H,7-8H2,1-6H3/q+1/i3D3,8D2. The summed E-state index contributed by atoms with van der Waals surface area (Å²) in [6.07, 6.45) is 1.40. The first kappa shape index (κ1) is 12.2.